The number of nitriles is 1. The summed E-state index contributed by atoms with van der Waals surface area (Å²) >= 11 is 9.57. The lowest BCUT2D eigenvalue weighted by molar-refractivity contribution is -0.110. The first kappa shape index (κ1) is 22.0. The van der Waals surface area contributed by atoms with Crippen molar-refractivity contribution < 1.29 is 14.4 Å². The lowest BCUT2D eigenvalue weighted by Gasteiger charge is -2.15. The molecule has 1 aromatic carbocycles. The second kappa shape index (κ2) is 9.42. The average Bonchev–Trinajstić information content (AvgIpc) is 3.14. The molecule has 0 aliphatic heterocycles. The Hall–Kier alpha value is -3.68. The molecule has 31 heavy (non-hydrogen) atoms. The molecular weight excluding hydrogens is 488 g/mol. The molecule has 0 radical (unpaired) electrons. The van der Waals surface area contributed by atoms with Gasteiger partial charge in [0.15, 0.2) is 5.82 Å². The van der Waals surface area contributed by atoms with E-state index in [0.29, 0.717) is 20.9 Å². The third-order valence-electron chi connectivity index (χ3n) is 4.18. The van der Waals surface area contributed by atoms with Gasteiger partial charge in [-0.05, 0) is 58.7 Å². The molecule has 0 aliphatic rings. The number of carbonyl (C=O) groups excluding carboxylic acids is 3. The molecule has 0 aliphatic carbocycles. The van der Waals surface area contributed by atoms with Crippen LogP contribution in [0.5, 0.6) is 0 Å². The third-order valence-corrected chi connectivity index (χ3v) is 4.91. The van der Waals surface area contributed by atoms with Gasteiger partial charge in [0.1, 0.15) is 5.69 Å². The van der Waals surface area contributed by atoms with Crippen LogP contribution in [-0.2, 0) is 4.79 Å². The molecule has 3 aromatic rings. The van der Waals surface area contributed by atoms with Gasteiger partial charge in [-0.25, -0.2) is 4.98 Å². The Morgan fingerprint density at radius 2 is 2.06 bits per heavy atom. The quantitative estimate of drug-likeness (QED) is 0.353. The van der Waals surface area contributed by atoms with Gasteiger partial charge in [-0.15, -0.1) is 0 Å². The largest absolute Gasteiger partial charge is 0.320 e. The van der Waals surface area contributed by atoms with Gasteiger partial charge in [0.25, 0.3) is 11.8 Å². The maximum Gasteiger partial charge on any atom is 0.272 e. The second-order valence-corrected chi connectivity index (χ2v) is 7.54. The summed E-state index contributed by atoms with van der Waals surface area (Å²) in [5.41, 5.74) is 5.32. The van der Waals surface area contributed by atoms with Crippen LogP contribution in [0.3, 0.4) is 0 Å². The molecule has 3 amide bonds. The Kier molecular flexibility index (Phi) is 6.69. The number of amides is 3. The van der Waals surface area contributed by atoms with Crippen LogP contribution in [0.25, 0.3) is 5.82 Å². The summed E-state index contributed by atoms with van der Waals surface area (Å²) in [6.45, 7) is 1.64. The monoisotopic (exact) mass is 500 g/mol. The van der Waals surface area contributed by atoms with Gasteiger partial charge in [-0.2, -0.15) is 5.26 Å². The van der Waals surface area contributed by atoms with Gasteiger partial charge < -0.3 is 5.32 Å². The minimum Gasteiger partial charge on any atom is -0.320 e. The normalized spacial score (nSPS) is 10.1. The lowest BCUT2D eigenvalue weighted by Crippen LogP contribution is -2.37. The van der Waals surface area contributed by atoms with Crippen LogP contribution in [0.4, 0.5) is 5.69 Å². The van der Waals surface area contributed by atoms with Crippen LogP contribution in [0.1, 0.15) is 32.0 Å². The molecule has 0 saturated heterocycles. The van der Waals surface area contributed by atoms with Crippen molar-refractivity contribution in [3.8, 4) is 11.9 Å². The first-order valence-electron chi connectivity index (χ1n) is 8.70. The predicted molar refractivity (Wildman–Crippen MR) is 117 cm³/mol. The molecule has 0 bridgehead atoms. The van der Waals surface area contributed by atoms with Crippen molar-refractivity contribution in [3.63, 3.8) is 0 Å². The van der Waals surface area contributed by atoms with E-state index in [-0.39, 0.29) is 28.9 Å². The summed E-state index contributed by atoms with van der Waals surface area (Å²) in [7, 11) is 0. The van der Waals surface area contributed by atoms with E-state index in [0.717, 1.165) is 0 Å². The number of nitrogens with one attached hydrogen (secondary N) is 3. The number of hydrogen-bond acceptors (Lipinski definition) is 5. The van der Waals surface area contributed by atoms with Crippen LogP contribution >= 0.6 is 27.5 Å². The molecular formula is C20H14BrClN6O3. The minimum atomic E-state index is -0.702. The van der Waals surface area contributed by atoms with Crippen LogP contribution in [0, 0.1) is 18.3 Å². The Bertz CT molecular complexity index is 1230. The maximum absolute atomic E-state index is 13.1. The molecule has 0 unspecified atom stereocenters. The molecule has 3 N–H and O–H groups in total. The second-order valence-electron chi connectivity index (χ2n) is 6.22. The van der Waals surface area contributed by atoms with Crippen molar-refractivity contribution in [2.75, 3.05) is 5.32 Å². The number of carbonyl (C=O) groups is 3. The van der Waals surface area contributed by atoms with Crippen molar-refractivity contribution in [2.45, 2.75) is 6.92 Å². The van der Waals surface area contributed by atoms with Crippen molar-refractivity contribution in [3.05, 3.63) is 74.6 Å². The summed E-state index contributed by atoms with van der Waals surface area (Å²) < 4.78 is 2.12. The van der Waals surface area contributed by atoms with Crippen LogP contribution in [-0.4, -0.2) is 27.8 Å². The topological polar surface area (TPSA) is 129 Å². The van der Waals surface area contributed by atoms with E-state index >= 15 is 0 Å². The van der Waals surface area contributed by atoms with Crippen molar-refractivity contribution in [2.24, 2.45) is 0 Å². The Morgan fingerprint density at radius 3 is 2.74 bits per heavy atom. The lowest BCUT2D eigenvalue weighted by atomic mass is 10.0. The van der Waals surface area contributed by atoms with Gasteiger partial charge in [0, 0.05) is 16.9 Å². The fraction of sp³-hybridized carbons (Fsp3) is 0.0500. The molecule has 2 aromatic heterocycles. The number of aromatic nitrogens is 2. The number of anilines is 1. The number of hydrogen-bond donors (Lipinski definition) is 3. The number of pyridine rings is 1. The number of nitrogens with zero attached hydrogens (tertiary/aromatic N) is 3. The Labute approximate surface area is 190 Å². The van der Waals surface area contributed by atoms with E-state index < -0.39 is 11.8 Å². The van der Waals surface area contributed by atoms with Gasteiger partial charge >= 0.3 is 0 Å². The SMILES string of the molecule is Cc1cc(C#N)cc(C(=O)NNC=O)c1NC(=O)c1cc(Br)cn1-c1ncccc1Cl. The fourth-order valence-corrected chi connectivity index (χ4v) is 3.51. The standard InChI is InChI=1S/C20H14BrClN6O3/c1-11-5-12(8-23)6-14(19(30)27-25-10-29)17(11)26-20(31)16-7-13(21)9-28(16)18-15(22)3-2-4-24-18/h2-7,9-10H,1H3,(H,25,29)(H,26,31)(H,27,30). The van der Waals surface area contributed by atoms with Gasteiger partial charge in [0.05, 0.1) is 27.9 Å². The van der Waals surface area contributed by atoms with E-state index in [9.17, 15) is 19.6 Å². The summed E-state index contributed by atoms with van der Waals surface area (Å²) in [6, 6.07) is 9.69. The number of benzene rings is 1. The van der Waals surface area contributed by atoms with Crippen molar-refractivity contribution >= 4 is 51.4 Å². The predicted octanol–water partition coefficient (Wildman–Crippen LogP) is 3.11. The van der Waals surface area contributed by atoms with Gasteiger partial charge in [-0.3, -0.25) is 29.8 Å². The van der Waals surface area contributed by atoms with Crippen LogP contribution in [0.2, 0.25) is 5.02 Å². The zero-order valence-corrected chi connectivity index (χ0v) is 18.3. The fourth-order valence-electron chi connectivity index (χ4n) is 2.87. The molecule has 2 heterocycles. The van der Waals surface area contributed by atoms with Crippen molar-refractivity contribution in [1.29, 1.82) is 5.26 Å². The highest BCUT2D eigenvalue weighted by molar-refractivity contribution is 9.10. The highest BCUT2D eigenvalue weighted by atomic mass is 79.9. The highest BCUT2D eigenvalue weighted by Gasteiger charge is 2.21. The number of rotatable bonds is 6. The van der Waals surface area contributed by atoms with Gasteiger partial charge in [0.2, 0.25) is 6.41 Å². The molecule has 11 heteroatoms. The average molecular weight is 502 g/mol. The number of hydrazine groups is 1. The molecule has 156 valence electrons. The molecule has 3 rings (SSSR count). The van der Waals surface area contributed by atoms with E-state index in [2.05, 4.69) is 31.7 Å². The van der Waals surface area contributed by atoms with Crippen molar-refractivity contribution in [1.82, 2.24) is 20.4 Å². The highest BCUT2D eigenvalue weighted by Crippen LogP contribution is 2.27. The number of aryl methyl sites for hydroxylation is 1. The summed E-state index contributed by atoms with van der Waals surface area (Å²) in [5.74, 6) is -0.894. The van der Waals surface area contributed by atoms with Gasteiger partial charge in [-0.1, -0.05) is 11.6 Å². The third kappa shape index (κ3) is 4.74. The molecule has 0 saturated carbocycles. The molecule has 0 fully saturated rings. The molecule has 9 nitrogen and oxygen atoms in total. The smallest absolute Gasteiger partial charge is 0.272 e. The maximum atomic E-state index is 13.1. The first-order chi connectivity index (χ1) is 14.8. The summed E-state index contributed by atoms with van der Waals surface area (Å²) in [6.07, 6.45) is 3.47. The molecule has 0 atom stereocenters. The Balaban J connectivity index is 2.04. The zero-order valence-electron chi connectivity index (χ0n) is 15.9. The number of halogens is 2. The van der Waals surface area contributed by atoms with E-state index in [1.54, 1.807) is 37.5 Å². The Morgan fingerprint density at radius 1 is 1.29 bits per heavy atom. The summed E-state index contributed by atoms with van der Waals surface area (Å²) in [4.78, 5) is 40.3. The van der Waals surface area contributed by atoms with E-state index in [1.165, 1.54) is 16.7 Å². The molecule has 0 spiro atoms. The summed E-state index contributed by atoms with van der Waals surface area (Å²) in [5, 5.41) is 12.3. The van der Waals surface area contributed by atoms with Crippen LogP contribution < -0.4 is 16.2 Å². The van der Waals surface area contributed by atoms with E-state index in [1.807, 2.05) is 11.5 Å². The minimum absolute atomic E-state index is 0.00675. The first-order valence-corrected chi connectivity index (χ1v) is 9.87. The van der Waals surface area contributed by atoms with E-state index in [4.69, 9.17) is 11.6 Å². The van der Waals surface area contributed by atoms with Crippen LogP contribution in [0.15, 0.2) is 47.2 Å². The zero-order chi connectivity index (χ0) is 22.5.